The molecule has 1 aliphatic rings. The highest BCUT2D eigenvalue weighted by molar-refractivity contribution is 7.92. The van der Waals surface area contributed by atoms with E-state index in [9.17, 15) is 25.6 Å². The predicted octanol–water partition coefficient (Wildman–Crippen LogP) is 1.94. The van der Waals surface area contributed by atoms with Crippen molar-refractivity contribution in [3.8, 4) is 0 Å². The van der Waals surface area contributed by atoms with Crippen molar-refractivity contribution < 1.29 is 30.0 Å². The quantitative estimate of drug-likeness (QED) is 0.778. The number of sulfone groups is 1. The van der Waals surface area contributed by atoms with Crippen LogP contribution in [0.15, 0.2) is 45.9 Å². The maximum absolute atomic E-state index is 14.0. The number of hydrogen-bond acceptors (Lipinski definition) is 5. The third-order valence-electron chi connectivity index (χ3n) is 3.99. The first-order valence-corrected chi connectivity index (χ1v) is 10.7. The Morgan fingerprint density at radius 3 is 2.36 bits per heavy atom. The molecule has 2 aromatic rings. The van der Waals surface area contributed by atoms with Gasteiger partial charge in [0.15, 0.2) is 14.7 Å². The van der Waals surface area contributed by atoms with Gasteiger partial charge in [-0.15, -0.1) is 0 Å². The number of nitrogens with zero attached hydrogens (tertiary/aromatic N) is 1. The van der Waals surface area contributed by atoms with E-state index < -0.39 is 48.2 Å². The zero-order valence-electron chi connectivity index (χ0n) is 12.9. The molecule has 0 unspecified atom stereocenters. The SMILES string of the molecule is O=S1(=O)CC[C@H](N(Cc2ccco2)S(=O)(=O)c2c(F)cccc2F)C1. The summed E-state index contributed by atoms with van der Waals surface area (Å²) in [6.07, 6.45) is 1.38. The lowest BCUT2D eigenvalue weighted by atomic mass is 10.2. The Bertz CT molecular complexity index is 951. The normalized spacial score (nSPS) is 20.2. The molecule has 0 bridgehead atoms. The second kappa shape index (κ2) is 6.50. The Morgan fingerprint density at radius 2 is 1.84 bits per heavy atom. The van der Waals surface area contributed by atoms with Gasteiger partial charge in [-0.2, -0.15) is 4.31 Å². The zero-order chi connectivity index (χ0) is 18.2. The van der Waals surface area contributed by atoms with Gasteiger partial charge in [0.25, 0.3) is 0 Å². The number of rotatable bonds is 5. The number of furan rings is 1. The van der Waals surface area contributed by atoms with E-state index in [0.717, 1.165) is 22.5 Å². The van der Waals surface area contributed by atoms with Crippen LogP contribution in [0.5, 0.6) is 0 Å². The van der Waals surface area contributed by atoms with Gasteiger partial charge in [-0.3, -0.25) is 0 Å². The predicted molar refractivity (Wildman–Crippen MR) is 84.9 cm³/mol. The van der Waals surface area contributed by atoms with E-state index in [1.54, 1.807) is 0 Å². The van der Waals surface area contributed by atoms with E-state index in [1.165, 1.54) is 18.4 Å². The molecule has 0 N–H and O–H groups in total. The van der Waals surface area contributed by atoms with Crippen LogP contribution in [0.3, 0.4) is 0 Å². The largest absolute Gasteiger partial charge is 0.468 e. The summed E-state index contributed by atoms with van der Waals surface area (Å²) in [7, 11) is -8.02. The van der Waals surface area contributed by atoms with Crippen LogP contribution >= 0.6 is 0 Å². The molecule has 136 valence electrons. The minimum Gasteiger partial charge on any atom is -0.468 e. The van der Waals surface area contributed by atoms with Crippen LogP contribution in [0.1, 0.15) is 12.2 Å². The smallest absolute Gasteiger partial charge is 0.249 e. The van der Waals surface area contributed by atoms with Crippen molar-refractivity contribution in [2.24, 2.45) is 0 Å². The fourth-order valence-electron chi connectivity index (χ4n) is 2.82. The van der Waals surface area contributed by atoms with Gasteiger partial charge in [-0.1, -0.05) is 6.07 Å². The molecule has 1 aromatic carbocycles. The molecule has 0 aliphatic carbocycles. The van der Waals surface area contributed by atoms with Crippen molar-refractivity contribution in [2.45, 2.75) is 23.9 Å². The lowest BCUT2D eigenvalue weighted by molar-refractivity contribution is 0.304. The molecule has 1 fully saturated rings. The van der Waals surface area contributed by atoms with Crippen LogP contribution < -0.4 is 0 Å². The molecular weight excluding hydrogens is 376 g/mol. The molecule has 0 saturated carbocycles. The summed E-state index contributed by atoms with van der Waals surface area (Å²) in [6.45, 7) is -0.316. The number of sulfonamides is 1. The standard InChI is InChI=1S/C15H15F2NO5S2/c16-13-4-1-5-14(17)15(13)25(21,22)18(9-12-3-2-7-23-12)11-6-8-24(19,20)10-11/h1-5,7,11H,6,8-10H2/t11-/m0/s1. The highest BCUT2D eigenvalue weighted by Gasteiger charge is 2.41. The maximum atomic E-state index is 14.0. The van der Waals surface area contributed by atoms with E-state index in [0.29, 0.717) is 0 Å². The third-order valence-corrected chi connectivity index (χ3v) is 7.69. The van der Waals surface area contributed by atoms with Crippen molar-refractivity contribution in [1.82, 2.24) is 4.31 Å². The molecule has 10 heteroatoms. The van der Waals surface area contributed by atoms with Crippen molar-refractivity contribution in [3.05, 3.63) is 54.0 Å². The van der Waals surface area contributed by atoms with Crippen molar-refractivity contribution in [2.75, 3.05) is 11.5 Å². The Morgan fingerprint density at radius 1 is 1.16 bits per heavy atom. The van der Waals surface area contributed by atoms with Crippen molar-refractivity contribution >= 4 is 19.9 Å². The number of halogens is 2. The molecule has 6 nitrogen and oxygen atoms in total. The summed E-state index contributed by atoms with van der Waals surface area (Å²) in [5.41, 5.74) is 0. The van der Waals surface area contributed by atoms with Crippen LogP contribution in [0, 0.1) is 11.6 Å². The maximum Gasteiger partial charge on any atom is 0.249 e. The fourth-order valence-corrected chi connectivity index (χ4v) is 6.37. The van der Waals surface area contributed by atoms with Gasteiger partial charge >= 0.3 is 0 Å². The van der Waals surface area contributed by atoms with Gasteiger partial charge in [-0.05, 0) is 30.7 Å². The first kappa shape index (κ1) is 18.0. The highest BCUT2D eigenvalue weighted by Crippen LogP contribution is 2.29. The van der Waals surface area contributed by atoms with Crippen molar-refractivity contribution in [3.63, 3.8) is 0 Å². The Labute approximate surface area is 144 Å². The molecular formula is C15H15F2NO5S2. The van der Waals surface area contributed by atoms with Gasteiger partial charge in [0.1, 0.15) is 17.4 Å². The first-order chi connectivity index (χ1) is 11.7. The summed E-state index contributed by atoms with van der Waals surface area (Å²) in [5, 5.41) is 0. The van der Waals surface area contributed by atoms with E-state index >= 15 is 0 Å². The van der Waals surface area contributed by atoms with Crippen LogP contribution in [0.25, 0.3) is 0 Å². The first-order valence-electron chi connectivity index (χ1n) is 7.39. The van der Waals surface area contributed by atoms with Crippen molar-refractivity contribution in [1.29, 1.82) is 0 Å². The van der Waals surface area contributed by atoms with E-state index in [1.807, 2.05) is 0 Å². The van der Waals surface area contributed by atoms with E-state index in [2.05, 4.69) is 0 Å². The summed E-state index contributed by atoms with van der Waals surface area (Å²) in [4.78, 5) is -1.09. The Balaban J connectivity index is 2.07. The van der Waals surface area contributed by atoms with E-state index in [4.69, 9.17) is 4.42 Å². The average Bonchev–Trinajstić information content (AvgIpc) is 3.13. The van der Waals surface area contributed by atoms with Gasteiger partial charge in [0, 0.05) is 6.04 Å². The fraction of sp³-hybridized carbons (Fsp3) is 0.333. The molecule has 3 rings (SSSR count). The molecule has 2 heterocycles. The Hall–Kier alpha value is -1.78. The second-order valence-corrected chi connectivity index (χ2v) is 9.79. The second-order valence-electron chi connectivity index (χ2n) is 5.74. The van der Waals surface area contributed by atoms with Gasteiger partial charge in [0.05, 0.1) is 24.3 Å². The topological polar surface area (TPSA) is 84.7 Å². The summed E-state index contributed by atoms with van der Waals surface area (Å²) >= 11 is 0. The van der Waals surface area contributed by atoms with Gasteiger partial charge in [0.2, 0.25) is 10.0 Å². The lowest BCUT2D eigenvalue weighted by Crippen LogP contribution is -2.41. The molecule has 25 heavy (non-hydrogen) atoms. The lowest BCUT2D eigenvalue weighted by Gasteiger charge is -2.26. The average molecular weight is 391 g/mol. The molecule has 0 spiro atoms. The zero-order valence-corrected chi connectivity index (χ0v) is 14.6. The highest BCUT2D eigenvalue weighted by atomic mass is 32.2. The summed E-state index contributed by atoms with van der Waals surface area (Å²) in [5.74, 6) is -2.80. The van der Waals surface area contributed by atoms with Crippen LogP contribution in [-0.4, -0.2) is 38.7 Å². The monoisotopic (exact) mass is 391 g/mol. The molecule has 0 radical (unpaired) electrons. The molecule has 1 atom stereocenters. The molecule has 1 aliphatic heterocycles. The minimum atomic E-state index is -4.61. The minimum absolute atomic E-state index is 0.0539. The Kier molecular flexibility index (Phi) is 4.69. The van der Waals surface area contributed by atoms with Crippen LogP contribution in [0.4, 0.5) is 8.78 Å². The summed E-state index contributed by atoms with van der Waals surface area (Å²) < 4.78 is 83.3. The number of hydrogen-bond donors (Lipinski definition) is 0. The third kappa shape index (κ3) is 3.60. The summed E-state index contributed by atoms with van der Waals surface area (Å²) in [6, 6.07) is 4.86. The van der Waals surface area contributed by atoms with Gasteiger partial charge < -0.3 is 4.42 Å². The molecule has 0 amide bonds. The van der Waals surface area contributed by atoms with Crippen LogP contribution in [0.2, 0.25) is 0 Å². The van der Waals surface area contributed by atoms with Crippen LogP contribution in [-0.2, 0) is 26.4 Å². The molecule has 1 saturated heterocycles. The van der Waals surface area contributed by atoms with Gasteiger partial charge in [-0.25, -0.2) is 25.6 Å². The number of benzene rings is 1. The molecule has 1 aromatic heterocycles. The van der Waals surface area contributed by atoms with E-state index in [-0.39, 0.29) is 24.5 Å².